The molecule has 2 aromatic heterocycles. The lowest BCUT2D eigenvalue weighted by Crippen LogP contribution is -1.82. The summed E-state index contributed by atoms with van der Waals surface area (Å²) in [6, 6.07) is 8.84. The largest absolute Gasteiger partial charge is 0.464 e. The van der Waals surface area contributed by atoms with Gasteiger partial charge in [0, 0.05) is 27.1 Å². The SMILES string of the molecule is Cc1ccc(Cc2coc3ccc(F)cc23)s1. The van der Waals surface area contributed by atoms with Crippen LogP contribution in [0.5, 0.6) is 0 Å². The van der Waals surface area contributed by atoms with E-state index in [1.54, 1.807) is 23.7 Å². The van der Waals surface area contributed by atoms with Crippen LogP contribution in [0.15, 0.2) is 41.0 Å². The van der Waals surface area contributed by atoms with Gasteiger partial charge in [0.25, 0.3) is 0 Å². The van der Waals surface area contributed by atoms with Gasteiger partial charge in [0.2, 0.25) is 0 Å². The summed E-state index contributed by atoms with van der Waals surface area (Å²) in [5, 5.41) is 0.871. The van der Waals surface area contributed by atoms with Crippen molar-refractivity contribution in [2.24, 2.45) is 0 Å². The van der Waals surface area contributed by atoms with Crippen LogP contribution in [-0.2, 0) is 6.42 Å². The van der Waals surface area contributed by atoms with Gasteiger partial charge in [0.05, 0.1) is 6.26 Å². The average Bonchev–Trinajstić information content (AvgIpc) is 2.87. The Morgan fingerprint density at radius 1 is 1.24 bits per heavy atom. The maximum Gasteiger partial charge on any atom is 0.134 e. The maximum atomic E-state index is 13.2. The van der Waals surface area contributed by atoms with Gasteiger partial charge in [-0.05, 0) is 37.3 Å². The molecule has 17 heavy (non-hydrogen) atoms. The van der Waals surface area contributed by atoms with Crippen LogP contribution in [0.3, 0.4) is 0 Å². The van der Waals surface area contributed by atoms with E-state index in [1.165, 1.54) is 21.9 Å². The Kier molecular flexibility index (Phi) is 2.48. The van der Waals surface area contributed by atoms with Crippen molar-refractivity contribution in [3.05, 3.63) is 57.7 Å². The van der Waals surface area contributed by atoms with Crippen molar-refractivity contribution in [1.82, 2.24) is 0 Å². The highest BCUT2D eigenvalue weighted by Gasteiger charge is 2.08. The molecular weight excluding hydrogens is 235 g/mol. The van der Waals surface area contributed by atoms with Crippen LogP contribution in [0.1, 0.15) is 15.3 Å². The molecule has 0 amide bonds. The van der Waals surface area contributed by atoms with Crippen LogP contribution in [0.25, 0.3) is 11.0 Å². The van der Waals surface area contributed by atoms with Crippen LogP contribution in [0.4, 0.5) is 4.39 Å². The number of halogens is 1. The molecule has 3 rings (SSSR count). The molecule has 86 valence electrons. The van der Waals surface area contributed by atoms with Crippen molar-refractivity contribution >= 4 is 22.3 Å². The number of thiophene rings is 1. The molecule has 3 aromatic rings. The normalized spacial score (nSPS) is 11.2. The first-order chi connectivity index (χ1) is 8.22. The fourth-order valence-corrected chi connectivity index (χ4v) is 2.87. The molecule has 0 saturated carbocycles. The molecule has 0 N–H and O–H groups in total. The minimum atomic E-state index is -0.220. The standard InChI is InChI=1S/C14H11FOS/c1-9-2-4-12(17-9)6-10-8-16-14-5-3-11(15)7-13(10)14/h2-5,7-8H,6H2,1H3. The first-order valence-corrected chi connectivity index (χ1v) is 6.25. The van der Waals surface area contributed by atoms with E-state index in [2.05, 4.69) is 19.1 Å². The van der Waals surface area contributed by atoms with Crippen LogP contribution >= 0.6 is 11.3 Å². The molecule has 1 aromatic carbocycles. The van der Waals surface area contributed by atoms with Gasteiger partial charge in [-0.3, -0.25) is 0 Å². The lowest BCUT2D eigenvalue weighted by Gasteiger charge is -1.95. The Labute approximate surface area is 103 Å². The fourth-order valence-electron chi connectivity index (χ4n) is 1.96. The highest BCUT2D eigenvalue weighted by atomic mass is 32.1. The second-order valence-corrected chi connectivity index (χ2v) is 5.46. The topological polar surface area (TPSA) is 13.1 Å². The number of benzene rings is 1. The smallest absolute Gasteiger partial charge is 0.134 e. The van der Waals surface area contributed by atoms with E-state index in [-0.39, 0.29) is 5.82 Å². The number of aryl methyl sites for hydroxylation is 1. The van der Waals surface area contributed by atoms with Gasteiger partial charge < -0.3 is 4.42 Å². The predicted molar refractivity (Wildman–Crippen MR) is 68.0 cm³/mol. The van der Waals surface area contributed by atoms with E-state index in [1.807, 2.05) is 0 Å². The summed E-state index contributed by atoms with van der Waals surface area (Å²) in [6.45, 7) is 2.08. The van der Waals surface area contributed by atoms with E-state index in [4.69, 9.17) is 4.42 Å². The van der Waals surface area contributed by atoms with Crippen LogP contribution in [0.2, 0.25) is 0 Å². The predicted octanol–water partition coefficient (Wildman–Crippen LogP) is 4.53. The van der Waals surface area contributed by atoms with E-state index in [0.29, 0.717) is 0 Å². The maximum absolute atomic E-state index is 13.2. The molecule has 2 heterocycles. The summed E-state index contributed by atoms with van der Waals surface area (Å²) < 4.78 is 18.6. The van der Waals surface area contributed by atoms with Crippen LogP contribution < -0.4 is 0 Å². The Bertz CT molecular complexity index is 666. The Hall–Kier alpha value is -1.61. The lowest BCUT2D eigenvalue weighted by atomic mass is 10.1. The van der Waals surface area contributed by atoms with Gasteiger partial charge in [-0.1, -0.05) is 0 Å². The molecule has 0 spiro atoms. The van der Waals surface area contributed by atoms with E-state index < -0.39 is 0 Å². The zero-order chi connectivity index (χ0) is 11.8. The van der Waals surface area contributed by atoms with Crippen molar-refractivity contribution in [3.63, 3.8) is 0 Å². The molecule has 3 heteroatoms. The van der Waals surface area contributed by atoms with Gasteiger partial charge in [0.15, 0.2) is 0 Å². The molecular formula is C14H11FOS. The first kappa shape index (κ1) is 10.5. The van der Waals surface area contributed by atoms with Crippen LogP contribution in [-0.4, -0.2) is 0 Å². The molecule has 0 atom stereocenters. The number of fused-ring (bicyclic) bond motifs is 1. The summed E-state index contributed by atoms with van der Waals surface area (Å²) >= 11 is 1.76. The monoisotopic (exact) mass is 246 g/mol. The van der Waals surface area contributed by atoms with E-state index in [0.717, 1.165) is 23.0 Å². The number of rotatable bonds is 2. The number of hydrogen-bond donors (Lipinski definition) is 0. The summed E-state index contributed by atoms with van der Waals surface area (Å²) in [5.41, 5.74) is 1.79. The second kappa shape index (κ2) is 4.00. The van der Waals surface area contributed by atoms with Crippen molar-refractivity contribution in [3.8, 4) is 0 Å². The number of hydrogen-bond acceptors (Lipinski definition) is 2. The average molecular weight is 246 g/mol. The molecule has 0 radical (unpaired) electrons. The second-order valence-electron chi connectivity index (χ2n) is 4.09. The third-order valence-electron chi connectivity index (χ3n) is 2.78. The van der Waals surface area contributed by atoms with Crippen molar-refractivity contribution in [2.75, 3.05) is 0 Å². The molecule has 0 aliphatic rings. The molecule has 0 saturated heterocycles. The van der Waals surface area contributed by atoms with Gasteiger partial charge in [-0.2, -0.15) is 0 Å². The zero-order valence-corrected chi connectivity index (χ0v) is 10.2. The molecule has 0 aliphatic heterocycles. The highest BCUT2D eigenvalue weighted by molar-refractivity contribution is 7.11. The van der Waals surface area contributed by atoms with Gasteiger partial charge in [-0.15, -0.1) is 11.3 Å². The fraction of sp³-hybridized carbons (Fsp3) is 0.143. The third kappa shape index (κ3) is 1.98. The zero-order valence-electron chi connectivity index (χ0n) is 9.37. The van der Waals surface area contributed by atoms with Gasteiger partial charge in [-0.25, -0.2) is 4.39 Å². The minimum absolute atomic E-state index is 0.220. The minimum Gasteiger partial charge on any atom is -0.464 e. The molecule has 0 fully saturated rings. The summed E-state index contributed by atoms with van der Waals surface area (Å²) in [5.74, 6) is -0.220. The Balaban J connectivity index is 2.03. The van der Waals surface area contributed by atoms with Gasteiger partial charge >= 0.3 is 0 Å². The molecule has 1 nitrogen and oxygen atoms in total. The quantitative estimate of drug-likeness (QED) is 0.647. The summed E-state index contributed by atoms with van der Waals surface area (Å²) in [6.07, 6.45) is 2.52. The lowest BCUT2D eigenvalue weighted by molar-refractivity contribution is 0.607. The summed E-state index contributed by atoms with van der Waals surface area (Å²) in [7, 11) is 0. The molecule has 0 aliphatic carbocycles. The van der Waals surface area contributed by atoms with Gasteiger partial charge in [0.1, 0.15) is 11.4 Å². The summed E-state index contributed by atoms with van der Waals surface area (Å²) in [4.78, 5) is 2.56. The Morgan fingerprint density at radius 3 is 2.88 bits per heavy atom. The van der Waals surface area contributed by atoms with Crippen molar-refractivity contribution in [1.29, 1.82) is 0 Å². The first-order valence-electron chi connectivity index (χ1n) is 5.43. The Morgan fingerprint density at radius 2 is 2.12 bits per heavy atom. The highest BCUT2D eigenvalue weighted by Crippen LogP contribution is 2.26. The number of furan rings is 1. The van der Waals surface area contributed by atoms with E-state index in [9.17, 15) is 4.39 Å². The van der Waals surface area contributed by atoms with Crippen molar-refractivity contribution in [2.45, 2.75) is 13.3 Å². The molecule has 0 bridgehead atoms. The van der Waals surface area contributed by atoms with Crippen LogP contribution in [0, 0.1) is 12.7 Å². The van der Waals surface area contributed by atoms with E-state index >= 15 is 0 Å². The molecule has 0 unspecified atom stereocenters. The third-order valence-corrected chi connectivity index (χ3v) is 3.78. The van der Waals surface area contributed by atoms with Crippen molar-refractivity contribution < 1.29 is 8.81 Å².